The van der Waals surface area contributed by atoms with Crippen molar-refractivity contribution in [2.45, 2.75) is 44.8 Å². The fraction of sp³-hybridized carbons (Fsp3) is 0.346. The first-order valence-corrected chi connectivity index (χ1v) is 11.2. The van der Waals surface area contributed by atoms with Gasteiger partial charge in [-0.25, -0.2) is 14.8 Å². The van der Waals surface area contributed by atoms with E-state index < -0.39 is 6.04 Å². The van der Waals surface area contributed by atoms with Crippen LogP contribution in [-0.4, -0.2) is 41.3 Å². The predicted octanol–water partition coefficient (Wildman–Crippen LogP) is 4.45. The molecule has 2 atom stereocenters. The van der Waals surface area contributed by atoms with E-state index in [4.69, 9.17) is 14.5 Å². The molecule has 1 aliphatic heterocycles. The van der Waals surface area contributed by atoms with E-state index in [1.54, 1.807) is 6.20 Å². The molecule has 0 radical (unpaired) electrons. The number of carbonyl (C=O) groups is 1. The number of ether oxygens (including phenoxy) is 2. The molecular weight excluding hydrogens is 402 g/mol. The van der Waals surface area contributed by atoms with Gasteiger partial charge >= 0.3 is 5.97 Å². The zero-order chi connectivity index (χ0) is 22.2. The maximum Gasteiger partial charge on any atom is 0.328 e. The number of carbonyl (C=O) groups excluding carboxylic acids is 1. The second-order valence-corrected chi connectivity index (χ2v) is 7.89. The van der Waals surface area contributed by atoms with Crippen molar-refractivity contribution in [1.82, 2.24) is 9.97 Å². The number of esters is 1. The lowest BCUT2D eigenvalue weighted by atomic mass is 10.1. The Kier molecular flexibility index (Phi) is 7.46. The third-order valence-corrected chi connectivity index (χ3v) is 5.52. The van der Waals surface area contributed by atoms with Crippen LogP contribution in [0.1, 0.15) is 31.0 Å². The summed E-state index contributed by atoms with van der Waals surface area (Å²) in [6, 6.07) is 19.3. The first-order chi connectivity index (χ1) is 15.7. The molecule has 0 amide bonds. The quantitative estimate of drug-likeness (QED) is 0.505. The molecule has 3 aromatic rings. The fourth-order valence-electron chi connectivity index (χ4n) is 3.91. The van der Waals surface area contributed by atoms with Crippen LogP contribution >= 0.6 is 0 Å². The third-order valence-electron chi connectivity index (χ3n) is 5.52. The lowest BCUT2D eigenvalue weighted by Crippen LogP contribution is -2.34. The molecule has 2 heterocycles. The van der Waals surface area contributed by atoms with E-state index in [9.17, 15) is 4.79 Å². The van der Waals surface area contributed by atoms with E-state index in [0.717, 1.165) is 42.0 Å². The van der Waals surface area contributed by atoms with Gasteiger partial charge in [0.1, 0.15) is 11.9 Å². The lowest BCUT2D eigenvalue weighted by Gasteiger charge is -2.21. The maximum absolute atomic E-state index is 12.7. The Morgan fingerprint density at radius 1 is 1.16 bits per heavy atom. The predicted molar refractivity (Wildman–Crippen MR) is 124 cm³/mol. The van der Waals surface area contributed by atoms with Crippen molar-refractivity contribution in [3.8, 4) is 11.3 Å². The highest BCUT2D eigenvalue weighted by molar-refractivity contribution is 5.79. The van der Waals surface area contributed by atoms with Gasteiger partial charge in [-0.1, -0.05) is 60.7 Å². The molecular formula is C26H29N3O3. The minimum absolute atomic E-state index is 0.117. The summed E-state index contributed by atoms with van der Waals surface area (Å²) in [7, 11) is 0. The largest absolute Gasteiger partial charge is 0.464 e. The van der Waals surface area contributed by atoms with Crippen LogP contribution in [0.15, 0.2) is 66.9 Å². The highest BCUT2D eigenvalue weighted by atomic mass is 16.5. The first kappa shape index (κ1) is 22.0. The summed E-state index contributed by atoms with van der Waals surface area (Å²) in [6.45, 7) is 2.92. The van der Waals surface area contributed by atoms with Gasteiger partial charge < -0.3 is 14.8 Å². The van der Waals surface area contributed by atoms with Gasteiger partial charge in [0, 0.05) is 25.0 Å². The Morgan fingerprint density at radius 2 is 1.91 bits per heavy atom. The molecule has 32 heavy (non-hydrogen) atoms. The standard InChI is InChI=1S/C26H29N3O3/c1-2-31-26(30)23(16-19-10-5-3-6-11-19)29-25-22(17-21-14-9-15-32-21)28-24(18-27-25)20-12-7-4-8-13-20/h3-8,10-13,18,21,23H,2,9,14-17H2,1H3,(H,27,29)/t21?,23-/m0/s1. The Bertz CT molecular complexity index is 1010. The summed E-state index contributed by atoms with van der Waals surface area (Å²) in [5.41, 5.74) is 3.67. The molecule has 0 spiro atoms. The van der Waals surface area contributed by atoms with E-state index in [0.29, 0.717) is 25.3 Å². The minimum Gasteiger partial charge on any atom is -0.464 e. The number of anilines is 1. The number of benzene rings is 2. The van der Waals surface area contributed by atoms with Gasteiger partial charge in [0.05, 0.1) is 30.3 Å². The summed E-state index contributed by atoms with van der Waals surface area (Å²) in [5.74, 6) is 0.308. The molecule has 1 aromatic heterocycles. The summed E-state index contributed by atoms with van der Waals surface area (Å²) >= 11 is 0. The van der Waals surface area contributed by atoms with Gasteiger partial charge in [-0.15, -0.1) is 0 Å². The Hall–Kier alpha value is -3.25. The smallest absolute Gasteiger partial charge is 0.328 e. The molecule has 1 fully saturated rings. The van der Waals surface area contributed by atoms with Crippen LogP contribution in [0.3, 0.4) is 0 Å². The minimum atomic E-state index is -0.558. The molecule has 1 N–H and O–H groups in total. The van der Waals surface area contributed by atoms with E-state index in [1.807, 2.05) is 67.6 Å². The van der Waals surface area contributed by atoms with Crippen molar-refractivity contribution in [2.24, 2.45) is 0 Å². The number of nitrogens with zero attached hydrogens (tertiary/aromatic N) is 2. The Labute approximate surface area is 189 Å². The molecule has 0 aliphatic carbocycles. The molecule has 1 unspecified atom stereocenters. The van der Waals surface area contributed by atoms with Crippen LogP contribution in [0.5, 0.6) is 0 Å². The van der Waals surface area contributed by atoms with Gasteiger partial charge in [-0.05, 0) is 25.3 Å². The van der Waals surface area contributed by atoms with E-state index in [1.165, 1.54) is 0 Å². The molecule has 6 heteroatoms. The monoisotopic (exact) mass is 431 g/mol. The normalized spacial score (nSPS) is 16.5. The number of hydrogen-bond donors (Lipinski definition) is 1. The summed E-state index contributed by atoms with van der Waals surface area (Å²) in [6.07, 6.45) is 5.08. The number of hydrogen-bond acceptors (Lipinski definition) is 6. The van der Waals surface area contributed by atoms with Gasteiger partial charge in [0.15, 0.2) is 0 Å². The van der Waals surface area contributed by atoms with Crippen molar-refractivity contribution in [3.63, 3.8) is 0 Å². The maximum atomic E-state index is 12.7. The molecule has 1 aliphatic rings. The molecule has 166 valence electrons. The van der Waals surface area contributed by atoms with E-state index in [-0.39, 0.29) is 12.1 Å². The van der Waals surface area contributed by atoms with Crippen LogP contribution in [0.25, 0.3) is 11.3 Å². The molecule has 6 nitrogen and oxygen atoms in total. The average Bonchev–Trinajstić information content (AvgIpc) is 3.34. The third kappa shape index (κ3) is 5.71. The molecule has 4 rings (SSSR count). The molecule has 2 aromatic carbocycles. The van der Waals surface area contributed by atoms with Crippen molar-refractivity contribution < 1.29 is 14.3 Å². The van der Waals surface area contributed by atoms with Crippen molar-refractivity contribution in [1.29, 1.82) is 0 Å². The molecule has 0 bridgehead atoms. The van der Waals surface area contributed by atoms with Crippen molar-refractivity contribution in [3.05, 3.63) is 78.1 Å². The first-order valence-electron chi connectivity index (χ1n) is 11.2. The van der Waals surface area contributed by atoms with Gasteiger partial charge in [0.2, 0.25) is 0 Å². The lowest BCUT2D eigenvalue weighted by molar-refractivity contribution is -0.144. The van der Waals surface area contributed by atoms with Crippen LogP contribution < -0.4 is 5.32 Å². The highest BCUT2D eigenvalue weighted by Gasteiger charge is 2.25. The SMILES string of the molecule is CCOC(=O)[C@H](Cc1ccccc1)Nc1ncc(-c2ccccc2)nc1CC1CCCO1. The Balaban J connectivity index is 1.63. The molecule has 1 saturated heterocycles. The average molecular weight is 432 g/mol. The second kappa shape index (κ2) is 10.9. The van der Waals surface area contributed by atoms with E-state index >= 15 is 0 Å². The summed E-state index contributed by atoms with van der Waals surface area (Å²) in [5, 5.41) is 3.33. The highest BCUT2D eigenvalue weighted by Crippen LogP contribution is 2.24. The zero-order valence-corrected chi connectivity index (χ0v) is 18.4. The topological polar surface area (TPSA) is 73.3 Å². The van der Waals surface area contributed by atoms with Crippen molar-refractivity contribution >= 4 is 11.8 Å². The van der Waals surface area contributed by atoms with Crippen LogP contribution in [0.4, 0.5) is 5.82 Å². The number of nitrogens with one attached hydrogen (secondary N) is 1. The van der Waals surface area contributed by atoms with Gasteiger partial charge in [-0.3, -0.25) is 0 Å². The summed E-state index contributed by atoms with van der Waals surface area (Å²) < 4.78 is 11.2. The van der Waals surface area contributed by atoms with Gasteiger partial charge in [0.25, 0.3) is 0 Å². The van der Waals surface area contributed by atoms with Gasteiger partial charge in [-0.2, -0.15) is 0 Å². The zero-order valence-electron chi connectivity index (χ0n) is 18.4. The number of aromatic nitrogens is 2. The second-order valence-electron chi connectivity index (χ2n) is 7.89. The van der Waals surface area contributed by atoms with Crippen LogP contribution in [0, 0.1) is 0 Å². The van der Waals surface area contributed by atoms with Crippen LogP contribution in [-0.2, 0) is 27.1 Å². The number of rotatable bonds is 9. The fourth-order valence-corrected chi connectivity index (χ4v) is 3.91. The van der Waals surface area contributed by atoms with Crippen LogP contribution in [0.2, 0.25) is 0 Å². The summed E-state index contributed by atoms with van der Waals surface area (Å²) in [4.78, 5) is 22.3. The van der Waals surface area contributed by atoms with E-state index in [2.05, 4.69) is 10.3 Å². The Morgan fingerprint density at radius 3 is 2.59 bits per heavy atom. The molecule has 0 saturated carbocycles. The van der Waals surface area contributed by atoms with Crippen molar-refractivity contribution in [2.75, 3.05) is 18.5 Å².